The van der Waals surface area contributed by atoms with Crippen molar-refractivity contribution in [3.05, 3.63) is 66.2 Å². The summed E-state index contributed by atoms with van der Waals surface area (Å²) in [5.74, 6) is -0.162. The molecule has 0 saturated carbocycles. The maximum atomic E-state index is 13.2. The highest BCUT2D eigenvalue weighted by Crippen LogP contribution is 2.12. The Morgan fingerprint density at radius 1 is 0.886 bits per heavy atom. The molecule has 0 radical (unpaired) electrons. The molecule has 0 fully saturated rings. The molecule has 3 atom stereocenters. The van der Waals surface area contributed by atoms with Gasteiger partial charge >= 0.3 is 5.97 Å². The molecular formula is C26H34ClN3O4S. The zero-order chi connectivity index (χ0) is 25.5. The van der Waals surface area contributed by atoms with Crippen LogP contribution >= 0.6 is 23.4 Å². The molecule has 2 aromatic carbocycles. The standard InChI is InChI=1S/C26H34ClN3O4S/c1-34-26(33)23(18-19-10-5-3-6-11-19)30-25(32)22(15-17-35-2)29-24(31)21(14-9-16-27)28-20-12-7-4-8-13-20/h3-8,10-13,21-23,28H,9,14-18H2,1-2H3,(H,29,31)(H,30,32)/t21-,22+,23+/m1/s1. The predicted octanol–water partition coefficient (Wildman–Crippen LogP) is 3.62. The number of carbonyl (C=O) groups is 3. The van der Waals surface area contributed by atoms with Gasteiger partial charge in [-0.3, -0.25) is 9.59 Å². The third-order valence-corrected chi connectivity index (χ3v) is 6.30. The Kier molecular flexibility index (Phi) is 13.1. The van der Waals surface area contributed by atoms with Crippen LogP contribution in [-0.4, -0.2) is 60.9 Å². The molecule has 0 aromatic heterocycles. The number of nitrogens with one attached hydrogen (secondary N) is 3. The zero-order valence-electron chi connectivity index (χ0n) is 20.2. The van der Waals surface area contributed by atoms with Crippen LogP contribution in [0.5, 0.6) is 0 Å². The summed E-state index contributed by atoms with van der Waals surface area (Å²) in [4.78, 5) is 38.8. The van der Waals surface area contributed by atoms with E-state index in [2.05, 4.69) is 16.0 Å². The summed E-state index contributed by atoms with van der Waals surface area (Å²) in [5.41, 5.74) is 1.70. The molecule has 0 aliphatic rings. The summed E-state index contributed by atoms with van der Waals surface area (Å²) in [6.07, 6.45) is 3.80. The lowest BCUT2D eigenvalue weighted by Gasteiger charge is -2.25. The number of hydrogen-bond acceptors (Lipinski definition) is 6. The molecule has 0 heterocycles. The largest absolute Gasteiger partial charge is 0.467 e. The Balaban J connectivity index is 2.13. The monoisotopic (exact) mass is 519 g/mol. The maximum absolute atomic E-state index is 13.2. The van der Waals surface area contributed by atoms with Crippen LogP contribution in [0, 0.1) is 0 Å². The van der Waals surface area contributed by atoms with E-state index in [4.69, 9.17) is 16.3 Å². The van der Waals surface area contributed by atoms with Crippen molar-refractivity contribution in [1.29, 1.82) is 0 Å². The lowest BCUT2D eigenvalue weighted by atomic mass is 10.0. The maximum Gasteiger partial charge on any atom is 0.328 e. The molecule has 0 unspecified atom stereocenters. The van der Waals surface area contributed by atoms with Crippen molar-refractivity contribution in [2.45, 2.75) is 43.8 Å². The highest BCUT2D eigenvalue weighted by molar-refractivity contribution is 7.98. The number of anilines is 1. The van der Waals surface area contributed by atoms with Gasteiger partial charge in [0.2, 0.25) is 11.8 Å². The second kappa shape index (κ2) is 16.1. The fourth-order valence-corrected chi connectivity index (χ4v) is 4.15. The number of rotatable bonds is 15. The van der Waals surface area contributed by atoms with Gasteiger partial charge < -0.3 is 20.7 Å². The van der Waals surface area contributed by atoms with Gasteiger partial charge in [0.05, 0.1) is 7.11 Å². The topological polar surface area (TPSA) is 96.5 Å². The molecule has 7 nitrogen and oxygen atoms in total. The first-order valence-corrected chi connectivity index (χ1v) is 13.5. The first-order chi connectivity index (χ1) is 17.0. The molecule has 0 spiro atoms. The van der Waals surface area contributed by atoms with Gasteiger partial charge in [0.15, 0.2) is 0 Å². The average molecular weight is 520 g/mol. The molecule has 0 bridgehead atoms. The number of benzene rings is 2. The van der Waals surface area contributed by atoms with E-state index >= 15 is 0 Å². The predicted molar refractivity (Wildman–Crippen MR) is 143 cm³/mol. The van der Waals surface area contributed by atoms with E-state index in [1.165, 1.54) is 7.11 Å². The molecule has 0 aliphatic heterocycles. The fraction of sp³-hybridized carbons (Fsp3) is 0.423. The zero-order valence-corrected chi connectivity index (χ0v) is 21.7. The van der Waals surface area contributed by atoms with Crippen LogP contribution in [-0.2, 0) is 25.5 Å². The Morgan fingerprint density at radius 2 is 1.49 bits per heavy atom. The second-order valence-corrected chi connectivity index (χ2v) is 9.37. The Hall–Kier alpha value is -2.71. The van der Waals surface area contributed by atoms with E-state index in [1.54, 1.807) is 11.8 Å². The summed E-state index contributed by atoms with van der Waals surface area (Å²) in [5, 5.41) is 8.90. The molecule has 0 saturated heterocycles. The van der Waals surface area contributed by atoms with E-state index in [0.717, 1.165) is 11.3 Å². The number of halogens is 1. The van der Waals surface area contributed by atoms with Crippen molar-refractivity contribution in [3.63, 3.8) is 0 Å². The van der Waals surface area contributed by atoms with E-state index in [-0.39, 0.29) is 12.3 Å². The number of carbonyl (C=O) groups excluding carboxylic acids is 3. The van der Waals surface area contributed by atoms with Crippen LogP contribution in [0.4, 0.5) is 5.69 Å². The summed E-state index contributed by atoms with van der Waals surface area (Å²) in [6, 6.07) is 16.6. The number of esters is 1. The van der Waals surface area contributed by atoms with Gasteiger partial charge in [0, 0.05) is 18.0 Å². The average Bonchev–Trinajstić information content (AvgIpc) is 2.89. The van der Waals surface area contributed by atoms with Crippen LogP contribution in [0.2, 0.25) is 0 Å². The van der Waals surface area contributed by atoms with E-state index in [0.29, 0.717) is 30.9 Å². The molecule has 2 aromatic rings. The van der Waals surface area contributed by atoms with Crippen LogP contribution in [0.1, 0.15) is 24.8 Å². The first-order valence-electron chi connectivity index (χ1n) is 11.6. The van der Waals surface area contributed by atoms with Crippen molar-refractivity contribution in [2.75, 3.05) is 30.3 Å². The van der Waals surface area contributed by atoms with Gasteiger partial charge in [-0.05, 0) is 49.0 Å². The summed E-state index contributed by atoms with van der Waals surface area (Å²) < 4.78 is 4.91. The lowest BCUT2D eigenvalue weighted by Crippen LogP contribution is -2.55. The third-order valence-electron chi connectivity index (χ3n) is 5.39. The lowest BCUT2D eigenvalue weighted by molar-refractivity contribution is -0.145. The van der Waals surface area contributed by atoms with Crippen molar-refractivity contribution >= 4 is 46.8 Å². The van der Waals surface area contributed by atoms with E-state index in [9.17, 15) is 14.4 Å². The van der Waals surface area contributed by atoms with Crippen LogP contribution in [0.3, 0.4) is 0 Å². The number of para-hydroxylation sites is 1. The Bertz CT molecular complexity index is 917. The van der Waals surface area contributed by atoms with Crippen molar-refractivity contribution in [1.82, 2.24) is 10.6 Å². The molecule has 2 amide bonds. The molecule has 2 rings (SSSR count). The van der Waals surface area contributed by atoms with Crippen LogP contribution in [0.25, 0.3) is 0 Å². The van der Waals surface area contributed by atoms with Gasteiger partial charge in [-0.25, -0.2) is 4.79 Å². The second-order valence-electron chi connectivity index (χ2n) is 8.01. The summed E-state index contributed by atoms with van der Waals surface area (Å²) in [7, 11) is 1.29. The Morgan fingerprint density at radius 3 is 2.09 bits per heavy atom. The normalized spacial score (nSPS) is 13.2. The highest BCUT2D eigenvalue weighted by Gasteiger charge is 2.29. The van der Waals surface area contributed by atoms with Gasteiger partial charge in [-0.2, -0.15) is 11.8 Å². The minimum atomic E-state index is -0.863. The minimum absolute atomic E-state index is 0.288. The molecule has 190 valence electrons. The molecule has 35 heavy (non-hydrogen) atoms. The summed E-state index contributed by atoms with van der Waals surface area (Å²) >= 11 is 7.45. The molecule has 0 aliphatic carbocycles. The number of hydrogen-bond donors (Lipinski definition) is 3. The van der Waals surface area contributed by atoms with Crippen LogP contribution in [0.15, 0.2) is 60.7 Å². The van der Waals surface area contributed by atoms with Gasteiger partial charge in [-0.1, -0.05) is 48.5 Å². The van der Waals surface area contributed by atoms with Crippen molar-refractivity contribution in [3.8, 4) is 0 Å². The SMILES string of the molecule is COC(=O)[C@H](Cc1ccccc1)NC(=O)[C@H](CCSC)NC(=O)[C@@H](CCCCl)Nc1ccccc1. The summed E-state index contributed by atoms with van der Waals surface area (Å²) in [6.45, 7) is 0. The molecular weight excluding hydrogens is 486 g/mol. The molecule has 9 heteroatoms. The fourth-order valence-electron chi connectivity index (χ4n) is 3.52. The number of amides is 2. The highest BCUT2D eigenvalue weighted by atomic mass is 35.5. The third kappa shape index (κ3) is 10.2. The van der Waals surface area contributed by atoms with Crippen molar-refractivity contribution < 1.29 is 19.1 Å². The van der Waals surface area contributed by atoms with E-state index in [1.807, 2.05) is 66.9 Å². The number of ether oxygens (including phenoxy) is 1. The van der Waals surface area contributed by atoms with E-state index < -0.39 is 30.0 Å². The number of alkyl halides is 1. The smallest absolute Gasteiger partial charge is 0.328 e. The van der Waals surface area contributed by atoms with Crippen molar-refractivity contribution in [2.24, 2.45) is 0 Å². The minimum Gasteiger partial charge on any atom is -0.467 e. The number of methoxy groups -OCH3 is 1. The molecule has 3 N–H and O–H groups in total. The quantitative estimate of drug-likeness (QED) is 0.246. The van der Waals surface area contributed by atoms with Crippen LogP contribution < -0.4 is 16.0 Å². The van der Waals surface area contributed by atoms with Gasteiger partial charge in [-0.15, -0.1) is 11.6 Å². The Labute approximate surface area is 216 Å². The number of thioether (sulfide) groups is 1. The first kappa shape index (κ1) is 28.5. The van der Waals surface area contributed by atoms with Gasteiger partial charge in [0.1, 0.15) is 18.1 Å². The van der Waals surface area contributed by atoms with Gasteiger partial charge in [0.25, 0.3) is 0 Å².